The van der Waals surface area contributed by atoms with E-state index in [0.29, 0.717) is 0 Å². The summed E-state index contributed by atoms with van der Waals surface area (Å²) in [5, 5.41) is 7.61. The molecule has 0 atom stereocenters. The predicted molar refractivity (Wildman–Crippen MR) is 127 cm³/mol. The van der Waals surface area contributed by atoms with Crippen molar-refractivity contribution in [3.63, 3.8) is 0 Å². The SMILES string of the molecule is CN=C(NCCCc1nc(C)cs1)N1CCN(c2cccc(Cl)c2)CC1.I. The fourth-order valence-corrected chi connectivity index (χ4v) is 4.14. The van der Waals surface area contributed by atoms with Crippen molar-refractivity contribution in [2.75, 3.05) is 44.7 Å². The van der Waals surface area contributed by atoms with E-state index >= 15 is 0 Å². The highest BCUT2D eigenvalue weighted by molar-refractivity contribution is 14.0. The van der Waals surface area contributed by atoms with Gasteiger partial charge in [0, 0.05) is 68.0 Å². The number of aromatic nitrogens is 1. The molecule has 1 aromatic carbocycles. The second-order valence-corrected chi connectivity index (χ2v) is 7.79. The van der Waals surface area contributed by atoms with Crippen molar-refractivity contribution in [3.05, 3.63) is 45.4 Å². The Kier molecular flexibility index (Phi) is 9.11. The first-order chi connectivity index (χ1) is 12.7. The maximum atomic E-state index is 6.11. The average Bonchev–Trinajstić information content (AvgIpc) is 3.07. The summed E-state index contributed by atoms with van der Waals surface area (Å²) < 4.78 is 0. The molecule has 0 spiro atoms. The lowest BCUT2D eigenvalue weighted by molar-refractivity contribution is 0.372. The minimum atomic E-state index is 0. The minimum Gasteiger partial charge on any atom is -0.368 e. The number of benzene rings is 1. The maximum absolute atomic E-state index is 6.11. The molecule has 27 heavy (non-hydrogen) atoms. The quantitative estimate of drug-likeness (QED) is 0.280. The van der Waals surface area contributed by atoms with E-state index in [9.17, 15) is 0 Å². The summed E-state index contributed by atoms with van der Waals surface area (Å²) in [6.45, 7) is 6.82. The van der Waals surface area contributed by atoms with Crippen molar-refractivity contribution in [2.24, 2.45) is 4.99 Å². The van der Waals surface area contributed by atoms with Crippen LogP contribution in [0.2, 0.25) is 5.02 Å². The van der Waals surface area contributed by atoms with Gasteiger partial charge in [0.15, 0.2) is 5.96 Å². The van der Waals surface area contributed by atoms with Gasteiger partial charge >= 0.3 is 0 Å². The van der Waals surface area contributed by atoms with Crippen molar-refractivity contribution >= 4 is 58.6 Å². The van der Waals surface area contributed by atoms with Crippen LogP contribution in [-0.4, -0.2) is 55.6 Å². The lowest BCUT2D eigenvalue weighted by atomic mass is 10.2. The Labute approximate surface area is 187 Å². The molecule has 3 rings (SSSR count). The van der Waals surface area contributed by atoms with Crippen LogP contribution in [0.4, 0.5) is 5.69 Å². The Morgan fingerprint density at radius 1 is 1.30 bits per heavy atom. The highest BCUT2D eigenvalue weighted by atomic mass is 127. The van der Waals surface area contributed by atoms with Gasteiger partial charge in [0.25, 0.3) is 0 Å². The van der Waals surface area contributed by atoms with E-state index in [0.717, 1.165) is 62.2 Å². The van der Waals surface area contributed by atoms with E-state index in [2.05, 4.69) is 36.5 Å². The average molecular weight is 520 g/mol. The molecular weight excluding hydrogens is 493 g/mol. The number of thiazole rings is 1. The van der Waals surface area contributed by atoms with Gasteiger partial charge in [0.05, 0.1) is 5.01 Å². The van der Waals surface area contributed by atoms with Crippen LogP contribution < -0.4 is 10.2 Å². The lowest BCUT2D eigenvalue weighted by Gasteiger charge is -2.37. The molecule has 5 nitrogen and oxygen atoms in total. The first-order valence-corrected chi connectivity index (χ1v) is 10.3. The lowest BCUT2D eigenvalue weighted by Crippen LogP contribution is -2.52. The number of aryl methyl sites for hydroxylation is 2. The minimum absolute atomic E-state index is 0. The van der Waals surface area contributed by atoms with Crippen molar-refractivity contribution in [1.29, 1.82) is 0 Å². The van der Waals surface area contributed by atoms with Gasteiger partial charge in [-0.3, -0.25) is 4.99 Å². The molecule has 0 saturated carbocycles. The topological polar surface area (TPSA) is 43.8 Å². The fraction of sp³-hybridized carbons (Fsp3) is 0.474. The molecule has 8 heteroatoms. The van der Waals surface area contributed by atoms with Crippen LogP contribution in [0.3, 0.4) is 0 Å². The molecule has 1 aliphatic rings. The zero-order chi connectivity index (χ0) is 18.4. The molecule has 0 unspecified atom stereocenters. The molecule has 2 heterocycles. The van der Waals surface area contributed by atoms with Crippen LogP contribution in [-0.2, 0) is 6.42 Å². The molecule has 2 aromatic rings. The van der Waals surface area contributed by atoms with Gasteiger partial charge in [-0.05, 0) is 31.5 Å². The summed E-state index contributed by atoms with van der Waals surface area (Å²) >= 11 is 7.86. The molecule has 0 amide bonds. The van der Waals surface area contributed by atoms with E-state index in [1.54, 1.807) is 11.3 Å². The Hall–Kier alpha value is -1.06. The molecule has 1 aromatic heterocycles. The summed E-state index contributed by atoms with van der Waals surface area (Å²) in [5.74, 6) is 0.992. The number of halogens is 2. The predicted octanol–water partition coefficient (Wildman–Crippen LogP) is 4.05. The van der Waals surface area contributed by atoms with Crippen molar-refractivity contribution in [3.8, 4) is 0 Å². The second kappa shape index (κ2) is 11.1. The first kappa shape index (κ1) is 22.2. The number of hydrogen-bond acceptors (Lipinski definition) is 4. The summed E-state index contributed by atoms with van der Waals surface area (Å²) in [7, 11) is 1.86. The van der Waals surface area contributed by atoms with Crippen LogP contribution in [0, 0.1) is 6.92 Å². The van der Waals surface area contributed by atoms with E-state index in [-0.39, 0.29) is 24.0 Å². The second-order valence-electron chi connectivity index (χ2n) is 6.41. The monoisotopic (exact) mass is 519 g/mol. The smallest absolute Gasteiger partial charge is 0.193 e. The number of piperazine rings is 1. The molecule has 0 bridgehead atoms. The zero-order valence-electron chi connectivity index (χ0n) is 15.8. The summed E-state index contributed by atoms with van der Waals surface area (Å²) in [6.07, 6.45) is 2.08. The summed E-state index contributed by atoms with van der Waals surface area (Å²) in [5.41, 5.74) is 2.31. The van der Waals surface area contributed by atoms with E-state index < -0.39 is 0 Å². The fourth-order valence-electron chi connectivity index (χ4n) is 3.14. The Morgan fingerprint density at radius 3 is 2.70 bits per heavy atom. The third-order valence-corrected chi connectivity index (χ3v) is 5.74. The van der Waals surface area contributed by atoms with Crippen LogP contribution in [0.1, 0.15) is 17.1 Å². The number of rotatable bonds is 5. The van der Waals surface area contributed by atoms with Crippen LogP contribution in [0.25, 0.3) is 0 Å². The van der Waals surface area contributed by atoms with Crippen LogP contribution in [0.15, 0.2) is 34.6 Å². The number of guanidine groups is 1. The van der Waals surface area contributed by atoms with Crippen LogP contribution in [0.5, 0.6) is 0 Å². The molecule has 0 aliphatic carbocycles. The van der Waals surface area contributed by atoms with E-state index in [1.807, 2.05) is 32.2 Å². The first-order valence-electron chi connectivity index (χ1n) is 9.03. The number of aliphatic imine (C=N–C) groups is 1. The largest absolute Gasteiger partial charge is 0.368 e. The van der Waals surface area contributed by atoms with E-state index in [4.69, 9.17) is 11.6 Å². The standard InChI is InChI=1S/C19H26ClN5S.HI/c1-15-14-26-18(23-15)7-4-8-22-19(21-2)25-11-9-24(10-12-25)17-6-3-5-16(20)13-17;/h3,5-6,13-14H,4,7-12H2,1-2H3,(H,21,22);1H. The highest BCUT2D eigenvalue weighted by Gasteiger charge is 2.19. The van der Waals surface area contributed by atoms with Gasteiger partial charge in [-0.1, -0.05) is 17.7 Å². The highest BCUT2D eigenvalue weighted by Crippen LogP contribution is 2.20. The number of hydrogen-bond donors (Lipinski definition) is 1. The van der Waals surface area contributed by atoms with Gasteiger partial charge in [-0.15, -0.1) is 35.3 Å². The molecule has 148 valence electrons. The van der Waals surface area contributed by atoms with Gasteiger partial charge in [-0.25, -0.2) is 4.98 Å². The Balaban J connectivity index is 0.00000261. The molecule has 1 fully saturated rings. The number of nitrogens with zero attached hydrogens (tertiary/aromatic N) is 4. The van der Waals surface area contributed by atoms with Gasteiger partial charge < -0.3 is 15.1 Å². The molecule has 1 aliphatic heterocycles. The van der Waals surface area contributed by atoms with Crippen molar-refractivity contribution in [1.82, 2.24) is 15.2 Å². The zero-order valence-corrected chi connectivity index (χ0v) is 19.7. The maximum Gasteiger partial charge on any atom is 0.193 e. The van der Waals surface area contributed by atoms with Gasteiger partial charge in [0.2, 0.25) is 0 Å². The van der Waals surface area contributed by atoms with Crippen molar-refractivity contribution < 1.29 is 0 Å². The van der Waals surface area contributed by atoms with Crippen LogP contribution >= 0.6 is 46.9 Å². The Morgan fingerprint density at radius 2 is 2.07 bits per heavy atom. The summed E-state index contributed by atoms with van der Waals surface area (Å²) in [4.78, 5) is 13.7. The van der Waals surface area contributed by atoms with E-state index in [1.165, 1.54) is 10.7 Å². The van der Waals surface area contributed by atoms with Crippen molar-refractivity contribution in [2.45, 2.75) is 19.8 Å². The summed E-state index contributed by atoms with van der Waals surface area (Å²) in [6, 6.07) is 8.08. The Bertz CT molecular complexity index is 743. The normalized spacial score (nSPS) is 14.9. The number of anilines is 1. The molecular formula is C19H27ClIN5S. The van der Waals surface area contributed by atoms with Gasteiger partial charge in [0.1, 0.15) is 0 Å². The molecule has 0 radical (unpaired) electrons. The molecule has 1 saturated heterocycles. The van der Waals surface area contributed by atoms with Gasteiger partial charge in [-0.2, -0.15) is 0 Å². The third-order valence-electron chi connectivity index (χ3n) is 4.48. The third kappa shape index (κ3) is 6.50. The number of nitrogens with one attached hydrogen (secondary N) is 1. The molecule has 1 N–H and O–H groups in total.